The molecule has 2 heterocycles. The lowest BCUT2D eigenvalue weighted by atomic mass is 10.1. The van der Waals surface area contributed by atoms with Gasteiger partial charge in [-0.15, -0.1) is 6.42 Å². The molecule has 0 fully saturated rings. The van der Waals surface area contributed by atoms with Crippen molar-refractivity contribution in [2.75, 3.05) is 5.32 Å². The Morgan fingerprint density at radius 3 is 3.00 bits per heavy atom. The molecule has 0 spiro atoms. The maximum Gasteiger partial charge on any atom is 0.292 e. The Balaban J connectivity index is 2.26. The predicted molar refractivity (Wildman–Crippen MR) is 78.6 cm³/mol. The van der Waals surface area contributed by atoms with E-state index in [1.54, 1.807) is 12.4 Å². The molecule has 102 valence electrons. The lowest BCUT2D eigenvalue weighted by molar-refractivity contribution is 0.664. The molecule has 0 unspecified atom stereocenters. The fourth-order valence-corrected chi connectivity index (χ4v) is 1.88. The van der Waals surface area contributed by atoms with Crippen molar-refractivity contribution in [2.45, 2.75) is 20.0 Å². The van der Waals surface area contributed by atoms with Crippen molar-refractivity contribution in [1.82, 2.24) is 14.8 Å². The topological polar surface area (TPSA) is 59.8 Å². The van der Waals surface area contributed by atoms with Crippen LogP contribution >= 0.6 is 11.6 Å². The van der Waals surface area contributed by atoms with Crippen molar-refractivity contribution in [3.8, 4) is 12.3 Å². The number of halogens is 1. The van der Waals surface area contributed by atoms with Crippen LogP contribution in [0, 0.1) is 19.3 Å². The predicted octanol–water partition coefficient (Wildman–Crippen LogP) is 1.85. The standard InChI is InChI=1S/C14H13ClN4O/c1-3-6-19-14(20)13(12(15)9-18-19)17-8-11-7-16-5-4-10(11)2/h1,4-5,7,9,17H,6,8H2,2H3. The first-order valence-corrected chi connectivity index (χ1v) is 6.33. The van der Waals surface area contributed by atoms with E-state index in [1.807, 2.05) is 13.0 Å². The molecule has 0 aliphatic heterocycles. The van der Waals surface area contributed by atoms with Crippen LogP contribution < -0.4 is 10.9 Å². The number of nitrogens with one attached hydrogen (secondary N) is 1. The lowest BCUT2D eigenvalue weighted by Gasteiger charge is -2.10. The van der Waals surface area contributed by atoms with Crippen LogP contribution in [0.4, 0.5) is 5.69 Å². The molecule has 0 amide bonds. The summed E-state index contributed by atoms with van der Waals surface area (Å²) in [5.41, 5.74) is 2.03. The molecule has 0 saturated carbocycles. The molecule has 2 aromatic heterocycles. The van der Waals surface area contributed by atoms with Gasteiger partial charge in [-0.3, -0.25) is 9.78 Å². The maximum atomic E-state index is 12.1. The Kier molecular flexibility index (Phi) is 4.38. The third kappa shape index (κ3) is 2.98. The fourth-order valence-electron chi connectivity index (χ4n) is 1.69. The van der Waals surface area contributed by atoms with E-state index < -0.39 is 0 Å². The normalized spacial score (nSPS) is 10.1. The van der Waals surface area contributed by atoms with Crippen LogP contribution in [0.3, 0.4) is 0 Å². The van der Waals surface area contributed by atoms with E-state index in [-0.39, 0.29) is 17.1 Å². The van der Waals surface area contributed by atoms with E-state index >= 15 is 0 Å². The van der Waals surface area contributed by atoms with Gasteiger partial charge < -0.3 is 5.32 Å². The summed E-state index contributed by atoms with van der Waals surface area (Å²) in [5.74, 6) is 2.37. The first-order valence-electron chi connectivity index (χ1n) is 5.96. The number of nitrogens with zero attached hydrogens (tertiary/aromatic N) is 3. The number of pyridine rings is 1. The van der Waals surface area contributed by atoms with E-state index in [4.69, 9.17) is 18.0 Å². The Morgan fingerprint density at radius 2 is 2.30 bits per heavy atom. The highest BCUT2D eigenvalue weighted by Crippen LogP contribution is 2.16. The monoisotopic (exact) mass is 288 g/mol. The molecular formula is C14H13ClN4O. The van der Waals surface area contributed by atoms with Crippen molar-refractivity contribution in [3.05, 3.63) is 51.2 Å². The zero-order chi connectivity index (χ0) is 14.5. The third-order valence-electron chi connectivity index (χ3n) is 2.84. The number of aryl methyl sites for hydroxylation is 1. The number of terminal acetylenes is 1. The zero-order valence-corrected chi connectivity index (χ0v) is 11.7. The van der Waals surface area contributed by atoms with Crippen LogP contribution in [0.5, 0.6) is 0 Å². The van der Waals surface area contributed by atoms with E-state index in [2.05, 4.69) is 21.3 Å². The van der Waals surface area contributed by atoms with Crippen LogP contribution in [0.25, 0.3) is 0 Å². The third-order valence-corrected chi connectivity index (χ3v) is 3.13. The molecule has 1 N–H and O–H groups in total. The highest BCUT2D eigenvalue weighted by atomic mass is 35.5. The van der Waals surface area contributed by atoms with Crippen molar-refractivity contribution in [3.63, 3.8) is 0 Å². The van der Waals surface area contributed by atoms with Gasteiger partial charge in [0.2, 0.25) is 0 Å². The number of anilines is 1. The van der Waals surface area contributed by atoms with Gasteiger partial charge in [0.15, 0.2) is 0 Å². The molecule has 0 aliphatic carbocycles. The van der Waals surface area contributed by atoms with Gasteiger partial charge in [0.05, 0.1) is 11.2 Å². The molecule has 20 heavy (non-hydrogen) atoms. The summed E-state index contributed by atoms with van der Waals surface area (Å²) >= 11 is 6.00. The van der Waals surface area contributed by atoms with Crippen LogP contribution in [0.15, 0.2) is 29.5 Å². The Morgan fingerprint density at radius 1 is 1.50 bits per heavy atom. The number of hydrogen-bond donors (Lipinski definition) is 1. The summed E-state index contributed by atoms with van der Waals surface area (Å²) in [6.07, 6.45) is 10.1. The van der Waals surface area contributed by atoms with Gasteiger partial charge in [0, 0.05) is 18.9 Å². The molecule has 6 heteroatoms. The molecule has 2 rings (SSSR count). The number of aromatic nitrogens is 3. The van der Waals surface area contributed by atoms with Gasteiger partial charge >= 0.3 is 0 Å². The molecule has 2 aromatic rings. The number of rotatable bonds is 4. The average molecular weight is 289 g/mol. The zero-order valence-electron chi connectivity index (χ0n) is 10.9. The highest BCUT2D eigenvalue weighted by Gasteiger charge is 2.09. The number of hydrogen-bond acceptors (Lipinski definition) is 4. The first kappa shape index (κ1) is 14.1. The summed E-state index contributed by atoms with van der Waals surface area (Å²) in [4.78, 5) is 16.2. The molecule has 0 radical (unpaired) electrons. The van der Waals surface area contributed by atoms with Crippen molar-refractivity contribution in [1.29, 1.82) is 0 Å². The Bertz CT molecular complexity index is 718. The van der Waals surface area contributed by atoms with Gasteiger partial charge in [0.1, 0.15) is 12.2 Å². The summed E-state index contributed by atoms with van der Waals surface area (Å²) in [6, 6.07) is 1.90. The first-order chi connectivity index (χ1) is 9.63. The van der Waals surface area contributed by atoms with Gasteiger partial charge in [-0.25, -0.2) is 4.68 Å². The summed E-state index contributed by atoms with van der Waals surface area (Å²) < 4.78 is 1.18. The minimum Gasteiger partial charge on any atom is -0.375 e. The summed E-state index contributed by atoms with van der Waals surface area (Å²) in [7, 11) is 0. The molecular weight excluding hydrogens is 276 g/mol. The van der Waals surface area contributed by atoms with Crippen molar-refractivity contribution >= 4 is 17.3 Å². The van der Waals surface area contributed by atoms with Crippen LogP contribution in [-0.4, -0.2) is 14.8 Å². The minimum atomic E-state index is -0.336. The summed E-state index contributed by atoms with van der Waals surface area (Å²) in [6.45, 7) is 2.54. The lowest BCUT2D eigenvalue weighted by Crippen LogP contribution is -2.25. The smallest absolute Gasteiger partial charge is 0.292 e. The quantitative estimate of drug-likeness (QED) is 0.872. The Hall–Kier alpha value is -2.32. The molecule has 0 bridgehead atoms. The van der Waals surface area contributed by atoms with Gasteiger partial charge in [-0.2, -0.15) is 5.10 Å². The summed E-state index contributed by atoms with van der Waals surface area (Å²) in [5, 5.41) is 7.17. The van der Waals surface area contributed by atoms with Crippen molar-refractivity contribution in [2.24, 2.45) is 0 Å². The largest absolute Gasteiger partial charge is 0.375 e. The molecule has 0 aliphatic rings. The fraction of sp³-hybridized carbons (Fsp3) is 0.214. The van der Waals surface area contributed by atoms with E-state index in [9.17, 15) is 4.79 Å². The maximum absolute atomic E-state index is 12.1. The van der Waals surface area contributed by atoms with E-state index in [0.29, 0.717) is 12.2 Å². The van der Waals surface area contributed by atoms with E-state index in [0.717, 1.165) is 11.1 Å². The van der Waals surface area contributed by atoms with Gasteiger partial charge in [-0.1, -0.05) is 17.5 Å². The van der Waals surface area contributed by atoms with Crippen LogP contribution in [0.2, 0.25) is 5.02 Å². The Labute approximate surface area is 121 Å². The highest BCUT2D eigenvalue weighted by molar-refractivity contribution is 6.32. The second-order valence-electron chi connectivity index (χ2n) is 4.19. The minimum absolute atomic E-state index is 0.108. The molecule has 5 nitrogen and oxygen atoms in total. The molecule has 0 aromatic carbocycles. The molecule has 0 atom stereocenters. The second-order valence-corrected chi connectivity index (χ2v) is 4.60. The average Bonchev–Trinajstić information content (AvgIpc) is 2.44. The van der Waals surface area contributed by atoms with Crippen LogP contribution in [-0.2, 0) is 13.1 Å². The molecule has 0 saturated heterocycles. The van der Waals surface area contributed by atoms with Crippen LogP contribution in [0.1, 0.15) is 11.1 Å². The van der Waals surface area contributed by atoms with Gasteiger partial charge in [-0.05, 0) is 24.1 Å². The SMILES string of the molecule is C#CCn1ncc(Cl)c(NCc2cnccc2C)c1=O. The van der Waals surface area contributed by atoms with Crippen molar-refractivity contribution < 1.29 is 0 Å². The second kappa shape index (κ2) is 6.22. The van der Waals surface area contributed by atoms with E-state index in [1.165, 1.54) is 10.9 Å². The van der Waals surface area contributed by atoms with Gasteiger partial charge in [0.25, 0.3) is 5.56 Å².